The van der Waals surface area contributed by atoms with Gasteiger partial charge < -0.3 is 10.8 Å². The van der Waals surface area contributed by atoms with Gasteiger partial charge in [0.1, 0.15) is 0 Å². The van der Waals surface area contributed by atoms with Crippen LogP contribution in [-0.4, -0.2) is 18.3 Å². The first-order valence-electron chi connectivity index (χ1n) is 7.46. The fraction of sp³-hybridized carbons (Fsp3) is 0.647. The summed E-state index contributed by atoms with van der Waals surface area (Å²) in [6.07, 6.45) is 6.30. The van der Waals surface area contributed by atoms with Crippen molar-refractivity contribution in [3.8, 4) is 0 Å². The molecule has 1 saturated carbocycles. The zero-order valence-corrected chi connectivity index (χ0v) is 12.3. The number of hydrogen-bond acceptors (Lipinski definition) is 2. The van der Waals surface area contributed by atoms with E-state index in [4.69, 9.17) is 5.73 Å². The summed E-state index contributed by atoms with van der Waals surface area (Å²) in [4.78, 5) is 0. The molecule has 19 heavy (non-hydrogen) atoms. The van der Waals surface area contributed by atoms with Crippen molar-refractivity contribution in [2.45, 2.75) is 56.8 Å². The molecule has 0 heterocycles. The molecule has 1 aliphatic rings. The predicted molar refractivity (Wildman–Crippen MR) is 80.4 cm³/mol. The molecular formula is C17H27NO. The third kappa shape index (κ3) is 2.85. The van der Waals surface area contributed by atoms with Crippen molar-refractivity contribution in [2.75, 3.05) is 13.2 Å². The van der Waals surface area contributed by atoms with Gasteiger partial charge in [-0.1, -0.05) is 57.4 Å². The lowest BCUT2D eigenvalue weighted by atomic mass is 9.68. The van der Waals surface area contributed by atoms with Crippen molar-refractivity contribution < 1.29 is 5.11 Å². The molecule has 2 heteroatoms. The molecule has 0 atom stereocenters. The summed E-state index contributed by atoms with van der Waals surface area (Å²) in [7, 11) is 0. The Bertz CT molecular complexity index is 419. The Morgan fingerprint density at radius 3 is 2.47 bits per heavy atom. The minimum atomic E-state index is -0.180. The summed E-state index contributed by atoms with van der Waals surface area (Å²) in [5.74, 6) is 0. The largest absolute Gasteiger partial charge is 0.395 e. The smallest absolute Gasteiger partial charge is 0.0522 e. The molecule has 2 rings (SSSR count). The molecule has 0 spiro atoms. The molecule has 1 aliphatic carbocycles. The number of aliphatic hydroxyl groups is 1. The van der Waals surface area contributed by atoms with E-state index in [9.17, 15) is 5.11 Å². The van der Waals surface area contributed by atoms with E-state index in [1.54, 1.807) is 0 Å². The lowest BCUT2D eigenvalue weighted by Gasteiger charge is -2.37. The Labute approximate surface area is 117 Å². The zero-order valence-electron chi connectivity index (χ0n) is 12.3. The Morgan fingerprint density at radius 2 is 1.89 bits per heavy atom. The van der Waals surface area contributed by atoms with Gasteiger partial charge in [0.15, 0.2) is 0 Å². The van der Waals surface area contributed by atoms with Gasteiger partial charge in [-0.15, -0.1) is 0 Å². The van der Waals surface area contributed by atoms with Crippen molar-refractivity contribution in [2.24, 2.45) is 5.73 Å². The van der Waals surface area contributed by atoms with Crippen LogP contribution < -0.4 is 5.73 Å². The third-order valence-electron chi connectivity index (χ3n) is 4.85. The molecule has 0 radical (unpaired) electrons. The standard InChI is InChI=1S/C17H27NO/c1-16(2,13-19)14-7-6-8-15(11-14)17(12-18)9-4-3-5-10-17/h6-8,11,19H,3-5,9-10,12-13,18H2,1-2H3. The molecule has 0 bridgehead atoms. The van der Waals surface area contributed by atoms with E-state index in [1.807, 2.05) is 0 Å². The highest BCUT2D eigenvalue weighted by Gasteiger charge is 2.33. The molecule has 1 fully saturated rings. The summed E-state index contributed by atoms with van der Waals surface area (Å²) >= 11 is 0. The van der Waals surface area contributed by atoms with Crippen molar-refractivity contribution in [1.82, 2.24) is 0 Å². The monoisotopic (exact) mass is 261 g/mol. The van der Waals surface area contributed by atoms with E-state index >= 15 is 0 Å². The molecule has 1 aromatic rings. The lowest BCUT2D eigenvalue weighted by Crippen LogP contribution is -2.37. The van der Waals surface area contributed by atoms with Gasteiger partial charge in [-0.25, -0.2) is 0 Å². The van der Waals surface area contributed by atoms with Crippen LogP contribution in [0.3, 0.4) is 0 Å². The van der Waals surface area contributed by atoms with Crippen LogP contribution in [0.4, 0.5) is 0 Å². The Hall–Kier alpha value is -0.860. The second-order valence-electron chi connectivity index (χ2n) is 6.67. The van der Waals surface area contributed by atoms with Gasteiger partial charge in [-0.2, -0.15) is 0 Å². The lowest BCUT2D eigenvalue weighted by molar-refractivity contribution is 0.218. The Morgan fingerprint density at radius 1 is 1.21 bits per heavy atom. The number of benzene rings is 1. The summed E-state index contributed by atoms with van der Waals surface area (Å²) in [5.41, 5.74) is 8.68. The molecular weight excluding hydrogens is 234 g/mol. The molecule has 2 nitrogen and oxygen atoms in total. The van der Waals surface area contributed by atoms with Gasteiger partial charge in [-0.3, -0.25) is 0 Å². The van der Waals surface area contributed by atoms with Crippen LogP contribution in [0.15, 0.2) is 24.3 Å². The molecule has 0 amide bonds. The molecule has 3 N–H and O–H groups in total. The molecule has 0 saturated heterocycles. The molecule has 0 unspecified atom stereocenters. The maximum absolute atomic E-state index is 9.55. The second-order valence-corrected chi connectivity index (χ2v) is 6.67. The van der Waals surface area contributed by atoms with Crippen molar-refractivity contribution >= 4 is 0 Å². The molecule has 0 aliphatic heterocycles. The van der Waals surface area contributed by atoms with Gasteiger partial charge in [0, 0.05) is 17.4 Å². The minimum Gasteiger partial charge on any atom is -0.395 e. The Kier molecular flexibility index (Phi) is 4.32. The summed E-state index contributed by atoms with van der Waals surface area (Å²) in [6, 6.07) is 8.73. The first-order valence-corrected chi connectivity index (χ1v) is 7.46. The number of hydrogen-bond donors (Lipinski definition) is 2. The highest BCUT2D eigenvalue weighted by molar-refractivity contribution is 5.35. The van der Waals surface area contributed by atoms with E-state index in [0.717, 1.165) is 6.54 Å². The zero-order chi connectivity index (χ0) is 13.9. The van der Waals surface area contributed by atoms with E-state index in [0.29, 0.717) is 0 Å². The van der Waals surface area contributed by atoms with Gasteiger partial charge >= 0.3 is 0 Å². The molecule has 106 valence electrons. The van der Waals surface area contributed by atoms with Crippen LogP contribution in [0.25, 0.3) is 0 Å². The summed E-state index contributed by atoms with van der Waals surface area (Å²) in [5, 5.41) is 9.55. The van der Waals surface area contributed by atoms with Crippen LogP contribution >= 0.6 is 0 Å². The fourth-order valence-electron chi connectivity index (χ4n) is 3.20. The van der Waals surface area contributed by atoms with Crippen molar-refractivity contribution in [3.05, 3.63) is 35.4 Å². The number of aliphatic hydroxyl groups excluding tert-OH is 1. The number of nitrogens with two attached hydrogens (primary N) is 1. The van der Waals surface area contributed by atoms with Crippen molar-refractivity contribution in [1.29, 1.82) is 0 Å². The minimum absolute atomic E-state index is 0.166. The normalized spacial score (nSPS) is 19.4. The van der Waals surface area contributed by atoms with Crippen LogP contribution in [-0.2, 0) is 10.8 Å². The second kappa shape index (κ2) is 5.64. The topological polar surface area (TPSA) is 46.2 Å². The van der Waals surface area contributed by atoms with E-state index in [2.05, 4.69) is 38.1 Å². The summed E-state index contributed by atoms with van der Waals surface area (Å²) in [6.45, 7) is 5.08. The maximum atomic E-state index is 9.55. The average molecular weight is 261 g/mol. The van der Waals surface area contributed by atoms with Crippen molar-refractivity contribution in [3.63, 3.8) is 0 Å². The van der Waals surface area contributed by atoms with Gasteiger partial charge in [-0.05, 0) is 24.0 Å². The SMILES string of the molecule is CC(C)(CO)c1cccc(C2(CN)CCCCC2)c1. The molecule has 0 aromatic heterocycles. The Balaban J connectivity index is 2.36. The van der Waals surface area contributed by atoms with E-state index in [1.165, 1.54) is 43.2 Å². The first kappa shape index (κ1) is 14.5. The van der Waals surface area contributed by atoms with Crippen LogP contribution in [0.1, 0.15) is 57.1 Å². The van der Waals surface area contributed by atoms with Crippen LogP contribution in [0.5, 0.6) is 0 Å². The fourth-order valence-corrected chi connectivity index (χ4v) is 3.20. The predicted octanol–water partition coefficient (Wildman–Crippen LogP) is 3.12. The summed E-state index contributed by atoms with van der Waals surface area (Å²) < 4.78 is 0. The van der Waals surface area contributed by atoms with Crippen LogP contribution in [0, 0.1) is 0 Å². The van der Waals surface area contributed by atoms with Gasteiger partial charge in [0.25, 0.3) is 0 Å². The highest BCUT2D eigenvalue weighted by Crippen LogP contribution is 2.39. The van der Waals surface area contributed by atoms with Gasteiger partial charge in [0.2, 0.25) is 0 Å². The van der Waals surface area contributed by atoms with Gasteiger partial charge in [0.05, 0.1) is 6.61 Å². The number of rotatable bonds is 4. The highest BCUT2D eigenvalue weighted by atomic mass is 16.3. The van der Waals surface area contributed by atoms with Crippen LogP contribution in [0.2, 0.25) is 0 Å². The molecule has 1 aromatic carbocycles. The van der Waals surface area contributed by atoms with E-state index < -0.39 is 0 Å². The van der Waals surface area contributed by atoms with E-state index in [-0.39, 0.29) is 17.4 Å². The first-order chi connectivity index (χ1) is 9.04. The average Bonchev–Trinajstić information content (AvgIpc) is 2.48. The maximum Gasteiger partial charge on any atom is 0.0522 e. The third-order valence-corrected chi connectivity index (χ3v) is 4.85. The quantitative estimate of drug-likeness (QED) is 0.874.